The fourth-order valence-electron chi connectivity index (χ4n) is 2.73. The van der Waals surface area contributed by atoms with Gasteiger partial charge in [-0.25, -0.2) is 8.42 Å². The highest BCUT2D eigenvalue weighted by molar-refractivity contribution is 7.89. The first-order valence-corrected chi connectivity index (χ1v) is 10.1. The number of hydrogen-bond acceptors (Lipinski definition) is 5. The molecule has 148 valence electrons. The Morgan fingerprint density at radius 1 is 1.22 bits per heavy atom. The van der Waals surface area contributed by atoms with E-state index in [1.54, 1.807) is 33.0 Å². The summed E-state index contributed by atoms with van der Waals surface area (Å²) in [7, 11) is -2.32. The van der Waals surface area contributed by atoms with E-state index in [0.717, 1.165) is 11.1 Å². The second kappa shape index (κ2) is 7.87. The van der Waals surface area contributed by atoms with Gasteiger partial charge in [-0.3, -0.25) is 14.9 Å². The van der Waals surface area contributed by atoms with Crippen LogP contribution >= 0.6 is 11.6 Å². The van der Waals surface area contributed by atoms with Crippen molar-refractivity contribution < 1.29 is 17.9 Å². The second-order valence-corrected chi connectivity index (χ2v) is 8.40. The van der Waals surface area contributed by atoms with E-state index in [2.05, 4.69) is 15.4 Å². The van der Waals surface area contributed by atoms with E-state index in [4.69, 9.17) is 16.3 Å². The van der Waals surface area contributed by atoms with E-state index in [-0.39, 0.29) is 4.90 Å². The third-order valence-electron chi connectivity index (χ3n) is 4.11. The molecule has 0 saturated heterocycles. The van der Waals surface area contributed by atoms with Crippen LogP contribution in [0.3, 0.4) is 0 Å². The number of aromatic nitrogens is 2. The highest BCUT2D eigenvalue weighted by atomic mass is 35.5. The van der Waals surface area contributed by atoms with Crippen LogP contribution in [-0.4, -0.2) is 30.2 Å². The first kappa shape index (κ1) is 21.2. The number of rotatable bonds is 6. The Balaban J connectivity index is 2.09. The minimum Gasteiger partial charge on any atom is -0.480 e. The Labute approximate surface area is 163 Å². The number of amides is 1. The highest BCUT2D eigenvalue weighted by Gasteiger charge is 2.25. The van der Waals surface area contributed by atoms with Crippen molar-refractivity contribution in [2.45, 2.75) is 45.6 Å². The van der Waals surface area contributed by atoms with Gasteiger partial charge >= 0.3 is 0 Å². The van der Waals surface area contributed by atoms with Crippen LogP contribution in [0.4, 0.5) is 0 Å². The maximum atomic E-state index is 12.5. The number of hydrogen-bond donors (Lipinski definition) is 2. The number of nitrogens with one attached hydrogen (secondary N) is 2. The van der Waals surface area contributed by atoms with Crippen molar-refractivity contribution in [3.05, 3.63) is 39.7 Å². The summed E-state index contributed by atoms with van der Waals surface area (Å²) in [5.74, 6) is -0.102. The van der Waals surface area contributed by atoms with Crippen molar-refractivity contribution in [1.29, 1.82) is 0 Å². The summed E-state index contributed by atoms with van der Waals surface area (Å²) in [4.78, 5) is 14.4. The predicted octanol–water partition coefficient (Wildman–Crippen LogP) is 2.08. The highest BCUT2D eigenvalue weighted by Crippen LogP contribution is 2.28. The van der Waals surface area contributed by atoms with Crippen LogP contribution in [0.25, 0.3) is 0 Å². The molecule has 0 saturated carbocycles. The van der Waals surface area contributed by atoms with E-state index in [9.17, 15) is 13.2 Å². The van der Waals surface area contributed by atoms with Gasteiger partial charge in [-0.1, -0.05) is 11.6 Å². The average molecular weight is 415 g/mol. The average Bonchev–Trinajstić information content (AvgIpc) is 2.81. The van der Waals surface area contributed by atoms with E-state index in [0.29, 0.717) is 22.2 Å². The molecule has 2 rings (SSSR count). The number of ether oxygens (including phenoxy) is 1. The monoisotopic (exact) mass is 414 g/mol. The molecule has 8 nitrogen and oxygen atoms in total. The Morgan fingerprint density at radius 3 is 2.26 bits per heavy atom. The molecular weight excluding hydrogens is 392 g/mol. The van der Waals surface area contributed by atoms with Crippen molar-refractivity contribution in [3.63, 3.8) is 0 Å². The molecule has 2 aromatic rings. The number of halogens is 1. The molecule has 0 bridgehead atoms. The number of carbonyl (C=O) groups is 1. The zero-order valence-electron chi connectivity index (χ0n) is 16.0. The molecule has 1 aromatic carbocycles. The number of aryl methyl sites for hydroxylation is 4. The lowest BCUT2D eigenvalue weighted by Gasteiger charge is -2.18. The summed E-state index contributed by atoms with van der Waals surface area (Å²) in [5.41, 5.74) is 4.55. The second-order valence-electron chi connectivity index (χ2n) is 6.35. The quantitative estimate of drug-likeness (QED) is 0.704. The molecule has 27 heavy (non-hydrogen) atoms. The molecule has 0 aliphatic heterocycles. The van der Waals surface area contributed by atoms with Gasteiger partial charge in [0.2, 0.25) is 0 Å². The first-order valence-electron chi connectivity index (χ1n) is 8.19. The fourth-order valence-corrected chi connectivity index (χ4v) is 4.34. The lowest BCUT2D eigenvalue weighted by Crippen LogP contribution is -2.47. The minimum absolute atomic E-state index is 0.0308. The maximum Gasteiger partial charge on any atom is 0.275 e. The first-order chi connectivity index (χ1) is 12.4. The molecule has 0 fully saturated rings. The van der Waals surface area contributed by atoms with Gasteiger partial charge in [0.25, 0.3) is 15.9 Å². The summed E-state index contributed by atoms with van der Waals surface area (Å²) < 4.78 is 32.1. The van der Waals surface area contributed by atoms with Crippen molar-refractivity contribution in [2.75, 3.05) is 0 Å². The fraction of sp³-hybridized carbons (Fsp3) is 0.412. The number of sulfonamides is 1. The van der Waals surface area contributed by atoms with Crippen LogP contribution in [0.15, 0.2) is 17.0 Å². The zero-order valence-corrected chi connectivity index (χ0v) is 17.6. The van der Waals surface area contributed by atoms with Crippen molar-refractivity contribution in [3.8, 4) is 5.75 Å². The molecule has 0 aliphatic rings. The SMILES string of the molecule is Cc1cc(Cl)cc(C)c1O[C@@H](C)C(=O)NNS(=O)(=O)c1c(C)nn(C)c1C. The lowest BCUT2D eigenvalue weighted by atomic mass is 10.1. The van der Waals surface area contributed by atoms with Gasteiger partial charge in [0.15, 0.2) is 6.10 Å². The largest absolute Gasteiger partial charge is 0.480 e. The lowest BCUT2D eigenvalue weighted by molar-refractivity contribution is -0.127. The van der Waals surface area contributed by atoms with Crippen LogP contribution in [0.1, 0.15) is 29.4 Å². The standard InChI is InChI=1S/C17H23ClN4O4S/c1-9-7-14(18)8-10(2)15(9)26-13(5)17(23)19-21-27(24,25)16-11(3)20-22(6)12(16)4/h7-8,13,21H,1-6H3,(H,19,23)/t13-/m0/s1. The van der Waals surface area contributed by atoms with Crippen LogP contribution in [0.5, 0.6) is 5.75 Å². The third-order valence-corrected chi connectivity index (χ3v) is 5.83. The summed E-state index contributed by atoms with van der Waals surface area (Å²) in [6.45, 7) is 8.37. The smallest absolute Gasteiger partial charge is 0.275 e. The van der Waals surface area contributed by atoms with Gasteiger partial charge in [-0.05, 0) is 57.9 Å². The summed E-state index contributed by atoms with van der Waals surface area (Å²) in [6.07, 6.45) is -0.928. The van der Waals surface area contributed by atoms with Gasteiger partial charge in [-0.2, -0.15) is 5.10 Å². The number of carbonyl (C=O) groups excluding carboxylic acids is 1. The van der Waals surface area contributed by atoms with Crippen molar-refractivity contribution >= 4 is 27.5 Å². The van der Waals surface area contributed by atoms with E-state index < -0.39 is 22.0 Å². The normalized spacial score (nSPS) is 12.7. The van der Waals surface area contributed by atoms with Gasteiger partial charge in [-0.15, -0.1) is 4.83 Å². The maximum absolute atomic E-state index is 12.5. The Morgan fingerprint density at radius 2 is 1.78 bits per heavy atom. The minimum atomic E-state index is -3.96. The predicted molar refractivity (Wildman–Crippen MR) is 102 cm³/mol. The Bertz CT molecular complexity index is 962. The van der Waals surface area contributed by atoms with Gasteiger partial charge < -0.3 is 4.74 Å². The van der Waals surface area contributed by atoms with Crippen LogP contribution < -0.4 is 15.0 Å². The van der Waals surface area contributed by atoms with Gasteiger partial charge in [0, 0.05) is 12.1 Å². The molecule has 0 radical (unpaired) electrons. The molecule has 1 aromatic heterocycles. The topological polar surface area (TPSA) is 102 Å². The number of benzene rings is 1. The molecule has 1 amide bonds. The van der Waals surface area contributed by atoms with Crippen LogP contribution in [0.2, 0.25) is 5.02 Å². The molecular formula is C17H23ClN4O4S. The molecule has 0 unspecified atom stereocenters. The van der Waals surface area contributed by atoms with E-state index in [1.165, 1.54) is 11.6 Å². The van der Waals surface area contributed by atoms with Crippen LogP contribution in [-0.2, 0) is 21.9 Å². The van der Waals surface area contributed by atoms with E-state index >= 15 is 0 Å². The molecule has 0 spiro atoms. The van der Waals surface area contributed by atoms with Crippen LogP contribution in [0, 0.1) is 27.7 Å². The Hall–Kier alpha value is -2.10. The number of hydrazine groups is 1. The molecule has 0 aliphatic carbocycles. The van der Waals surface area contributed by atoms with Crippen molar-refractivity contribution in [2.24, 2.45) is 7.05 Å². The summed E-state index contributed by atoms with van der Waals surface area (Å²) >= 11 is 5.99. The molecule has 2 N–H and O–H groups in total. The van der Waals surface area contributed by atoms with Gasteiger partial charge in [0.1, 0.15) is 10.6 Å². The zero-order chi connectivity index (χ0) is 20.5. The van der Waals surface area contributed by atoms with Gasteiger partial charge in [0.05, 0.1) is 11.4 Å². The molecule has 1 heterocycles. The molecule has 10 heteroatoms. The third kappa shape index (κ3) is 4.60. The Kier molecular flexibility index (Phi) is 6.18. The summed E-state index contributed by atoms with van der Waals surface area (Å²) in [6, 6.07) is 3.45. The molecule has 1 atom stereocenters. The summed E-state index contributed by atoms with van der Waals surface area (Å²) in [5, 5.41) is 4.64. The number of nitrogens with zero attached hydrogens (tertiary/aromatic N) is 2. The van der Waals surface area contributed by atoms with Crippen molar-refractivity contribution in [1.82, 2.24) is 20.0 Å². The van der Waals surface area contributed by atoms with E-state index in [1.807, 2.05) is 13.8 Å².